The molecule has 0 amide bonds. The summed E-state index contributed by atoms with van der Waals surface area (Å²) in [5.74, 6) is 0.0599. The van der Waals surface area contributed by atoms with Gasteiger partial charge in [0.15, 0.2) is 11.6 Å². The number of halogens is 1. The maximum atomic E-state index is 13.6. The van der Waals surface area contributed by atoms with Crippen molar-refractivity contribution in [2.24, 2.45) is 0 Å². The van der Waals surface area contributed by atoms with Gasteiger partial charge in [0.1, 0.15) is 0 Å². The van der Waals surface area contributed by atoms with Crippen LogP contribution in [0.4, 0.5) is 4.39 Å². The Kier molecular flexibility index (Phi) is 3.60. The predicted octanol–water partition coefficient (Wildman–Crippen LogP) is 2.97. The highest BCUT2D eigenvalue weighted by molar-refractivity contribution is 5.32. The Labute approximate surface area is 117 Å². The van der Waals surface area contributed by atoms with Crippen molar-refractivity contribution < 1.29 is 9.13 Å². The Balaban J connectivity index is 1.66. The van der Waals surface area contributed by atoms with Crippen LogP contribution in [0.2, 0.25) is 0 Å². The van der Waals surface area contributed by atoms with Crippen molar-refractivity contribution in [2.45, 2.75) is 32.4 Å². The van der Waals surface area contributed by atoms with Crippen LogP contribution in [0.5, 0.6) is 11.6 Å². The fourth-order valence-electron chi connectivity index (χ4n) is 1.83. The second-order valence-electron chi connectivity index (χ2n) is 5.05. The van der Waals surface area contributed by atoms with Crippen LogP contribution in [0.3, 0.4) is 0 Å². The van der Waals surface area contributed by atoms with Gasteiger partial charge in [0.2, 0.25) is 5.88 Å². The third-order valence-electron chi connectivity index (χ3n) is 3.15. The normalized spacial score (nSPS) is 14.3. The molecule has 0 aliphatic heterocycles. The van der Waals surface area contributed by atoms with Crippen LogP contribution in [0.15, 0.2) is 30.3 Å². The van der Waals surface area contributed by atoms with E-state index in [1.165, 1.54) is 18.9 Å². The first-order valence-electron chi connectivity index (χ1n) is 6.71. The van der Waals surface area contributed by atoms with E-state index in [0.29, 0.717) is 18.5 Å². The molecule has 5 heteroatoms. The molecule has 1 aromatic carbocycles. The number of rotatable bonds is 5. The molecule has 3 rings (SSSR count). The molecule has 0 atom stereocenters. The van der Waals surface area contributed by atoms with Crippen molar-refractivity contribution in [3.05, 3.63) is 47.4 Å². The molecular formula is C15H16FN3O. The first kappa shape index (κ1) is 13.0. The molecule has 0 radical (unpaired) electrons. The highest BCUT2D eigenvalue weighted by Crippen LogP contribution is 2.24. The zero-order valence-corrected chi connectivity index (χ0v) is 11.3. The molecule has 104 valence electrons. The lowest BCUT2D eigenvalue weighted by Crippen LogP contribution is -2.16. The van der Waals surface area contributed by atoms with E-state index >= 15 is 0 Å². The van der Waals surface area contributed by atoms with Gasteiger partial charge >= 0.3 is 0 Å². The molecule has 0 spiro atoms. The molecule has 1 aliphatic rings. The molecule has 4 nitrogen and oxygen atoms in total. The van der Waals surface area contributed by atoms with E-state index in [9.17, 15) is 4.39 Å². The van der Waals surface area contributed by atoms with Crippen LogP contribution in [0.1, 0.15) is 24.1 Å². The van der Waals surface area contributed by atoms with E-state index in [4.69, 9.17) is 4.74 Å². The summed E-state index contributed by atoms with van der Waals surface area (Å²) in [5, 5.41) is 11.4. The second kappa shape index (κ2) is 5.54. The summed E-state index contributed by atoms with van der Waals surface area (Å²) in [6, 6.07) is 8.89. The van der Waals surface area contributed by atoms with E-state index in [1.54, 1.807) is 18.2 Å². The van der Waals surface area contributed by atoms with Gasteiger partial charge in [-0.25, -0.2) is 4.39 Å². The van der Waals surface area contributed by atoms with Crippen molar-refractivity contribution in [3.8, 4) is 11.6 Å². The minimum atomic E-state index is -0.406. The smallest absolute Gasteiger partial charge is 0.239 e. The molecular weight excluding hydrogens is 257 g/mol. The molecule has 1 N–H and O–H groups in total. The van der Waals surface area contributed by atoms with Crippen molar-refractivity contribution in [3.63, 3.8) is 0 Å². The first-order valence-corrected chi connectivity index (χ1v) is 6.71. The Morgan fingerprint density at radius 1 is 1.25 bits per heavy atom. The predicted molar refractivity (Wildman–Crippen MR) is 73.1 cm³/mol. The van der Waals surface area contributed by atoms with Gasteiger partial charge in [-0.15, -0.1) is 5.10 Å². The number of aryl methyl sites for hydroxylation is 1. The number of benzene rings is 1. The van der Waals surface area contributed by atoms with Crippen LogP contribution in [0, 0.1) is 12.7 Å². The van der Waals surface area contributed by atoms with Crippen molar-refractivity contribution in [1.29, 1.82) is 0 Å². The molecule has 1 fully saturated rings. The molecule has 0 unspecified atom stereocenters. The highest BCUT2D eigenvalue weighted by Gasteiger charge is 2.20. The molecule has 2 aromatic rings. The Bertz CT molecular complexity index is 597. The number of ether oxygens (including phenoxy) is 1. The summed E-state index contributed by atoms with van der Waals surface area (Å²) in [6.07, 6.45) is 2.47. The average Bonchev–Trinajstić information content (AvgIpc) is 3.26. The molecule has 0 saturated heterocycles. The summed E-state index contributed by atoms with van der Waals surface area (Å²) in [7, 11) is 0. The molecule has 1 aliphatic carbocycles. The van der Waals surface area contributed by atoms with E-state index < -0.39 is 5.82 Å². The standard InChI is InChI=1S/C15H16FN3O/c1-10-2-6-13(16)14(8-10)20-15-7-5-12(18-19-15)9-17-11-3-4-11/h2,5-8,11,17H,3-4,9H2,1H3. The van der Waals surface area contributed by atoms with Gasteiger partial charge in [0, 0.05) is 18.7 Å². The van der Waals surface area contributed by atoms with Gasteiger partial charge < -0.3 is 10.1 Å². The topological polar surface area (TPSA) is 47.0 Å². The van der Waals surface area contributed by atoms with Crippen LogP contribution in [-0.4, -0.2) is 16.2 Å². The van der Waals surface area contributed by atoms with Crippen LogP contribution >= 0.6 is 0 Å². The Hall–Kier alpha value is -2.01. The van der Waals surface area contributed by atoms with E-state index in [1.807, 2.05) is 13.0 Å². The van der Waals surface area contributed by atoms with Gasteiger partial charge in [-0.2, -0.15) is 5.10 Å². The van der Waals surface area contributed by atoms with Crippen LogP contribution in [-0.2, 0) is 6.54 Å². The minimum Gasteiger partial charge on any atom is -0.434 e. The fourth-order valence-corrected chi connectivity index (χ4v) is 1.83. The maximum Gasteiger partial charge on any atom is 0.239 e. The first-order chi connectivity index (χ1) is 9.70. The van der Waals surface area contributed by atoms with Crippen molar-refractivity contribution in [1.82, 2.24) is 15.5 Å². The van der Waals surface area contributed by atoms with Gasteiger partial charge in [0.05, 0.1) is 5.69 Å². The number of nitrogens with one attached hydrogen (secondary N) is 1. The monoisotopic (exact) mass is 273 g/mol. The molecule has 0 bridgehead atoms. The second-order valence-corrected chi connectivity index (χ2v) is 5.05. The maximum absolute atomic E-state index is 13.6. The lowest BCUT2D eigenvalue weighted by molar-refractivity contribution is 0.420. The number of hydrogen-bond donors (Lipinski definition) is 1. The van der Waals surface area contributed by atoms with Gasteiger partial charge in [-0.05, 0) is 43.5 Å². The lowest BCUT2D eigenvalue weighted by Gasteiger charge is -2.07. The zero-order valence-electron chi connectivity index (χ0n) is 11.3. The number of hydrogen-bond acceptors (Lipinski definition) is 4. The Morgan fingerprint density at radius 2 is 2.10 bits per heavy atom. The summed E-state index contributed by atoms with van der Waals surface area (Å²) in [4.78, 5) is 0. The van der Waals surface area contributed by atoms with Crippen LogP contribution < -0.4 is 10.1 Å². The third-order valence-corrected chi connectivity index (χ3v) is 3.15. The molecule has 1 saturated carbocycles. The quantitative estimate of drug-likeness (QED) is 0.909. The molecule has 1 heterocycles. The van der Waals surface area contributed by atoms with Gasteiger partial charge in [-0.1, -0.05) is 6.07 Å². The zero-order chi connectivity index (χ0) is 13.9. The third kappa shape index (κ3) is 3.30. The summed E-state index contributed by atoms with van der Waals surface area (Å²) in [6.45, 7) is 2.58. The van der Waals surface area contributed by atoms with Gasteiger partial charge in [-0.3, -0.25) is 0 Å². The fraction of sp³-hybridized carbons (Fsp3) is 0.333. The van der Waals surface area contributed by atoms with E-state index in [-0.39, 0.29) is 5.75 Å². The minimum absolute atomic E-state index is 0.170. The Morgan fingerprint density at radius 3 is 2.80 bits per heavy atom. The van der Waals surface area contributed by atoms with E-state index in [2.05, 4.69) is 15.5 Å². The molecule has 1 aromatic heterocycles. The average molecular weight is 273 g/mol. The lowest BCUT2D eigenvalue weighted by atomic mass is 10.2. The highest BCUT2D eigenvalue weighted by atomic mass is 19.1. The largest absolute Gasteiger partial charge is 0.434 e. The van der Waals surface area contributed by atoms with Gasteiger partial charge in [0.25, 0.3) is 0 Å². The van der Waals surface area contributed by atoms with Crippen molar-refractivity contribution >= 4 is 0 Å². The SMILES string of the molecule is Cc1ccc(F)c(Oc2ccc(CNC3CC3)nn2)c1. The summed E-state index contributed by atoms with van der Waals surface area (Å²) in [5.41, 5.74) is 1.79. The number of aromatic nitrogens is 2. The van der Waals surface area contributed by atoms with E-state index in [0.717, 1.165) is 11.3 Å². The summed E-state index contributed by atoms with van der Waals surface area (Å²) >= 11 is 0. The van der Waals surface area contributed by atoms with Crippen LogP contribution in [0.25, 0.3) is 0 Å². The summed E-state index contributed by atoms with van der Waals surface area (Å²) < 4.78 is 19.0. The molecule has 20 heavy (non-hydrogen) atoms. The number of nitrogens with zero attached hydrogens (tertiary/aromatic N) is 2. The van der Waals surface area contributed by atoms with Crippen molar-refractivity contribution in [2.75, 3.05) is 0 Å².